The average Bonchev–Trinajstić information content (AvgIpc) is 2.45. The minimum atomic E-state index is 0.152. The molecule has 0 spiro atoms. The van der Waals surface area contributed by atoms with E-state index in [-0.39, 0.29) is 6.04 Å². The fourth-order valence-corrected chi connectivity index (χ4v) is 3.33. The van der Waals surface area contributed by atoms with Crippen LogP contribution in [0.3, 0.4) is 0 Å². The molecule has 1 heterocycles. The van der Waals surface area contributed by atoms with Crippen molar-refractivity contribution >= 4 is 15.9 Å². The Hall–Kier alpha value is -0.380. The molecule has 2 N–H and O–H groups in total. The van der Waals surface area contributed by atoms with Gasteiger partial charge in [-0.25, -0.2) is 0 Å². The fourth-order valence-electron chi connectivity index (χ4n) is 2.91. The van der Waals surface area contributed by atoms with Crippen molar-refractivity contribution in [3.05, 3.63) is 34.3 Å². The topological polar surface area (TPSA) is 29.3 Å². The molecule has 2 unspecified atom stereocenters. The summed E-state index contributed by atoms with van der Waals surface area (Å²) in [6.07, 6.45) is 5.12. The minimum Gasteiger partial charge on any atom is -0.324 e. The van der Waals surface area contributed by atoms with E-state index in [0.717, 1.165) is 23.4 Å². The Morgan fingerprint density at radius 1 is 1.47 bits per heavy atom. The highest BCUT2D eigenvalue weighted by Crippen LogP contribution is 2.22. The van der Waals surface area contributed by atoms with Gasteiger partial charge in [0.25, 0.3) is 0 Å². The third kappa shape index (κ3) is 4.59. The Balaban J connectivity index is 1.81. The number of nitrogens with zero attached hydrogens (tertiary/aromatic N) is 1. The van der Waals surface area contributed by atoms with Gasteiger partial charge in [-0.3, -0.25) is 0 Å². The second-order valence-electron chi connectivity index (χ2n) is 5.67. The first-order valence-corrected chi connectivity index (χ1v) is 8.21. The van der Waals surface area contributed by atoms with Crippen LogP contribution >= 0.6 is 15.9 Å². The fraction of sp³-hybridized carbons (Fsp3) is 0.625. The third-order valence-electron chi connectivity index (χ3n) is 4.21. The lowest BCUT2D eigenvalue weighted by Gasteiger charge is -2.32. The van der Waals surface area contributed by atoms with Crippen LogP contribution in [0.4, 0.5) is 0 Å². The lowest BCUT2D eigenvalue weighted by atomic mass is 9.95. The van der Waals surface area contributed by atoms with E-state index in [2.05, 4.69) is 46.0 Å². The maximum Gasteiger partial charge on any atom is 0.0307 e. The molecule has 0 saturated carbocycles. The van der Waals surface area contributed by atoms with E-state index in [1.165, 1.54) is 37.9 Å². The van der Waals surface area contributed by atoms with Gasteiger partial charge in [-0.15, -0.1) is 0 Å². The maximum atomic E-state index is 6.30. The summed E-state index contributed by atoms with van der Waals surface area (Å²) in [6, 6.07) is 8.52. The van der Waals surface area contributed by atoms with Crippen LogP contribution in [0.15, 0.2) is 28.7 Å². The molecule has 2 atom stereocenters. The molecular weight excluding hydrogens is 300 g/mol. The number of nitrogens with two attached hydrogens (primary N) is 1. The van der Waals surface area contributed by atoms with Crippen molar-refractivity contribution in [1.82, 2.24) is 4.90 Å². The van der Waals surface area contributed by atoms with Gasteiger partial charge in [0.2, 0.25) is 0 Å². The lowest BCUT2D eigenvalue weighted by molar-refractivity contribution is 0.167. The van der Waals surface area contributed by atoms with Gasteiger partial charge in [0.05, 0.1) is 0 Å². The zero-order valence-electron chi connectivity index (χ0n) is 11.8. The molecule has 0 aromatic heterocycles. The van der Waals surface area contributed by atoms with Gasteiger partial charge < -0.3 is 10.6 Å². The van der Waals surface area contributed by atoms with Gasteiger partial charge >= 0.3 is 0 Å². The highest BCUT2D eigenvalue weighted by atomic mass is 79.9. The quantitative estimate of drug-likeness (QED) is 0.888. The Morgan fingerprint density at radius 2 is 2.32 bits per heavy atom. The smallest absolute Gasteiger partial charge is 0.0307 e. The first-order chi connectivity index (χ1) is 9.19. The Labute approximate surface area is 125 Å². The van der Waals surface area contributed by atoms with Gasteiger partial charge in [0, 0.05) is 17.1 Å². The summed E-state index contributed by atoms with van der Waals surface area (Å²) in [5, 5.41) is 0. The first kappa shape index (κ1) is 15.0. The zero-order valence-corrected chi connectivity index (χ0v) is 13.4. The molecule has 0 amide bonds. The highest BCUT2D eigenvalue weighted by Gasteiger charge is 2.18. The number of likely N-dealkylation sites (tertiary alicyclic amines) is 1. The molecule has 0 radical (unpaired) electrons. The number of rotatable bonds is 5. The summed E-state index contributed by atoms with van der Waals surface area (Å²) >= 11 is 3.51. The second-order valence-corrected chi connectivity index (χ2v) is 6.58. The SMILES string of the molecule is CCC1CCCN(CCC(N)c2cccc(Br)c2)C1. The van der Waals surface area contributed by atoms with Crippen molar-refractivity contribution in [3.8, 4) is 0 Å². The zero-order chi connectivity index (χ0) is 13.7. The van der Waals surface area contributed by atoms with Crippen molar-refractivity contribution in [2.24, 2.45) is 11.7 Å². The molecule has 1 saturated heterocycles. The Bertz CT molecular complexity index is 394. The number of hydrogen-bond donors (Lipinski definition) is 1. The summed E-state index contributed by atoms with van der Waals surface area (Å²) < 4.78 is 1.12. The van der Waals surface area contributed by atoms with Crippen LogP contribution in [-0.4, -0.2) is 24.5 Å². The lowest BCUT2D eigenvalue weighted by Crippen LogP contribution is -2.36. The minimum absolute atomic E-state index is 0.152. The van der Waals surface area contributed by atoms with Gasteiger partial charge in [0.1, 0.15) is 0 Å². The van der Waals surface area contributed by atoms with E-state index in [9.17, 15) is 0 Å². The Kier molecular flexibility index (Phi) is 5.86. The Morgan fingerprint density at radius 3 is 3.05 bits per heavy atom. The highest BCUT2D eigenvalue weighted by molar-refractivity contribution is 9.10. The first-order valence-electron chi connectivity index (χ1n) is 7.42. The molecular formula is C16H25BrN2. The average molecular weight is 325 g/mol. The molecule has 1 fully saturated rings. The van der Waals surface area contributed by atoms with Crippen molar-refractivity contribution in [2.45, 2.75) is 38.6 Å². The summed E-state index contributed by atoms with van der Waals surface area (Å²) in [5.74, 6) is 0.899. The van der Waals surface area contributed by atoms with Gasteiger partial charge in [0.15, 0.2) is 0 Å². The van der Waals surface area contributed by atoms with Crippen molar-refractivity contribution < 1.29 is 0 Å². The van der Waals surface area contributed by atoms with E-state index >= 15 is 0 Å². The molecule has 2 rings (SSSR count). The molecule has 1 aliphatic rings. The van der Waals surface area contributed by atoms with E-state index in [1.807, 2.05) is 6.07 Å². The standard InChI is InChI=1S/C16H25BrN2/c1-2-13-5-4-9-19(12-13)10-8-16(18)14-6-3-7-15(17)11-14/h3,6-7,11,13,16H,2,4-5,8-10,12,18H2,1H3. The largest absolute Gasteiger partial charge is 0.324 e. The predicted molar refractivity (Wildman–Crippen MR) is 85.1 cm³/mol. The van der Waals surface area contributed by atoms with Gasteiger partial charge in [-0.05, 0) is 56.0 Å². The molecule has 1 aliphatic heterocycles. The molecule has 3 heteroatoms. The van der Waals surface area contributed by atoms with E-state index in [4.69, 9.17) is 5.73 Å². The number of halogens is 1. The van der Waals surface area contributed by atoms with Crippen molar-refractivity contribution in [2.75, 3.05) is 19.6 Å². The van der Waals surface area contributed by atoms with Crippen LogP contribution in [0.5, 0.6) is 0 Å². The molecule has 19 heavy (non-hydrogen) atoms. The number of piperidine rings is 1. The van der Waals surface area contributed by atoms with Crippen LogP contribution < -0.4 is 5.73 Å². The van der Waals surface area contributed by atoms with E-state index < -0.39 is 0 Å². The molecule has 0 aliphatic carbocycles. The monoisotopic (exact) mass is 324 g/mol. The van der Waals surface area contributed by atoms with Crippen LogP contribution in [0.25, 0.3) is 0 Å². The maximum absolute atomic E-state index is 6.30. The van der Waals surface area contributed by atoms with Crippen LogP contribution in [0.1, 0.15) is 44.2 Å². The van der Waals surface area contributed by atoms with Crippen molar-refractivity contribution in [3.63, 3.8) is 0 Å². The summed E-state index contributed by atoms with van der Waals surface area (Å²) in [4.78, 5) is 2.59. The van der Waals surface area contributed by atoms with Gasteiger partial charge in [-0.1, -0.05) is 41.4 Å². The molecule has 2 nitrogen and oxygen atoms in total. The number of hydrogen-bond acceptors (Lipinski definition) is 2. The van der Waals surface area contributed by atoms with E-state index in [0.29, 0.717) is 0 Å². The van der Waals surface area contributed by atoms with Crippen molar-refractivity contribution in [1.29, 1.82) is 0 Å². The van der Waals surface area contributed by atoms with E-state index in [1.54, 1.807) is 0 Å². The van der Waals surface area contributed by atoms with Crippen LogP contribution in [0.2, 0.25) is 0 Å². The van der Waals surface area contributed by atoms with Gasteiger partial charge in [-0.2, -0.15) is 0 Å². The number of benzene rings is 1. The summed E-state index contributed by atoms with van der Waals surface area (Å²) in [6.45, 7) is 5.95. The predicted octanol–water partition coefficient (Wildman–Crippen LogP) is 3.96. The normalized spacial score (nSPS) is 22.4. The third-order valence-corrected chi connectivity index (χ3v) is 4.71. The summed E-state index contributed by atoms with van der Waals surface area (Å²) in [7, 11) is 0. The van der Waals surface area contributed by atoms with Crippen LogP contribution in [-0.2, 0) is 0 Å². The second kappa shape index (κ2) is 7.41. The summed E-state index contributed by atoms with van der Waals surface area (Å²) in [5.41, 5.74) is 7.54. The molecule has 1 aromatic rings. The molecule has 0 bridgehead atoms. The molecule has 1 aromatic carbocycles. The van der Waals surface area contributed by atoms with Crippen LogP contribution in [0, 0.1) is 5.92 Å². The molecule has 106 valence electrons.